The molecule has 21 heavy (non-hydrogen) atoms. The van der Waals surface area contributed by atoms with Crippen molar-refractivity contribution in [3.8, 4) is 11.1 Å². The van der Waals surface area contributed by atoms with Crippen LogP contribution in [0.15, 0.2) is 30.6 Å². The van der Waals surface area contributed by atoms with Gasteiger partial charge in [0, 0.05) is 24.4 Å². The van der Waals surface area contributed by atoms with Crippen LogP contribution in [0, 0.1) is 17.6 Å². The third-order valence-electron chi connectivity index (χ3n) is 4.76. The molecule has 1 aromatic heterocycles. The second kappa shape index (κ2) is 4.91. The summed E-state index contributed by atoms with van der Waals surface area (Å²) in [6.07, 6.45) is 6.05. The van der Waals surface area contributed by atoms with Gasteiger partial charge >= 0.3 is 0 Å². The first-order valence-corrected chi connectivity index (χ1v) is 7.42. The number of piperidine rings is 3. The lowest BCUT2D eigenvalue weighted by molar-refractivity contribution is 0.0513. The lowest BCUT2D eigenvalue weighted by Gasteiger charge is -2.44. The van der Waals surface area contributed by atoms with E-state index in [1.807, 2.05) is 10.9 Å². The molecule has 0 saturated carbocycles. The van der Waals surface area contributed by atoms with Crippen LogP contribution in [0.5, 0.6) is 0 Å². The normalized spacial score (nSPS) is 28.0. The molecular formula is C16H17F2N3. The van der Waals surface area contributed by atoms with Crippen molar-refractivity contribution >= 4 is 0 Å². The Kier molecular flexibility index (Phi) is 3.03. The van der Waals surface area contributed by atoms with Crippen LogP contribution in [0.2, 0.25) is 0 Å². The van der Waals surface area contributed by atoms with Gasteiger partial charge in [0.15, 0.2) is 0 Å². The summed E-state index contributed by atoms with van der Waals surface area (Å²) in [5.41, 5.74) is 1.31. The lowest BCUT2D eigenvalue weighted by Crippen LogP contribution is -2.48. The minimum absolute atomic E-state index is 0.389. The number of hydrogen-bond donors (Lipinski definition) is 0. The number of fused-ring (bicyclic) bond motifs is 3. The van der Waals surface area contributed by atoms with E-state index >= 15 is 0 Å². The number of rotatable bonds is 2. The van der Waals surface area contributed by atoms with Gasteiger partial charge in [-0.15, -0.1) is 0 Å². The molecule has 110 valence electrons. The van der Waals surface area contributed by atoms with Gasteiger partial charge in [-0.2, -0.15) is 5.10 Å². The summed E-state index contributed by atoms with van der Waals surface area (Å²) in [6.45, 7) is 3.40. The maximum atomic E-state index is 13.3. The quantitative estimate of drug-likeness (QED) is 0.847. The Morgan fingerprint density at radius 1 is 1.00 bits per heavy atom. The third-order valence-corrected chi connectivity index (χ3v) is 4.76. The SMILES string of the molecule is Fc1cc(F)cc(-c2cnn(C3CN4CCC3CC4)c2)c1. The van der Waals surface area contributed by atoms with Gasteiger partial charge in [-0.05, 0) is 49.5 Å². The number of benzene rings is 1. The van der Waals surface area contributed by atoms with Gasteiger partial charge in [-0.1, -0.05) is 0 Å². The Morgan fingerprint density at radius 3 is 2.33 bits per heavy atom. The van der Waals surface area contributed by atoms with Crippen molar-refractivity contribution in [2.45, 2.75) is 18.9 Å². The van der Waals surface area contributed by atoms with Crippen LogP contribution in [0.25, 0.3) is 11.1 Å². The lowest BCUT2D eigenvalue weighted by atomic mass is 9.84. The molecule has 3 fully saturated rings. The predicted molar refractivity (Wildman–Crippen MR) is 75.8 cm³/mol. The largest absolute Gasteiger partial charge is 0.301 e. The van der Waals surface area contributed by atoms with Crippen molar-refractivity contribution in [1.29, 1.82) is 0 Å². The molecule has 0 N–H and O–H groups in total. The molecule has 1 aromatic carbocycles. The monoisotopic (exact) mass is 289 g/mol. The van der Waals surface area contributed by atoms with Gasteiger partial charge in [-0.25, -0.2) is 8.78 Å². The van der Waals surface area contributed by atoms with Crippen molar-refractivity contribution in [2.75, 3.05) is 19.6 Å². The first-order chi connectivity index (χ1) is 10.2. The molecule has 0 spiro atoms. The predicted octanol–water partition coefficient (Wildman–Crippen LogP) is 3.10. The van der Waals surface area contributed by atoms with Gasteiger partial charge in [-0.3, -0.25) is 4.68 Å². The number of nitrogens with zero attached hydrogens (tertiary/aromatic N) is 3. The number of hydrogen-bond acceptors (Lipinski definition) is 2. The van der Waals surface area contributed by atoms with Crippen LogP contribution in [0.3, 0.4) is 0 Å². The standard InChI is InChI=1S/C16H17F2N3/c17-14-5-12(6-15(18)7-14)13-8-19-21(9-13)16-10-20-3-1-11(16)2-4-20/h5-9,11,16H,1-4,10H2. The second-order valence-electron chi connectivity index (χ2n) is 6.07. The van der Waals surface area contributed by atoms with Crippen molar-refractivity contribution in [3.63, 3.8) is 0 Å². The van der Waals surface area contributed by atoms with E-state index in [2.05, 4.69) is 10.00 Å². The van der Waals surface area contributed by atoms with Crippen LogP contribution in [-0.4, -0.2) is 34.3 Å². The van der Waals surface area contributed by atoms with E-state index < -0.39 is 11.6 Å². The fourth-order valence-electron chi connectivity index (χ4n) is 3.62. The summed E-state index contributed by atoms with van der Waals surface area (Å²) in [5.74, 6) is -0.437. The first kappa shape index (κ1) is 13.0. The number of halogens is 2. The zero-order chi connectivity index (χ0) is 14.4. The molecule has 2 aromatic rings. The van der Waals surface area contributed by atoms with E-state index in [-0.39, 0.29) is 0 Å². The van der Waals surface area contributed by atoms with Gasteiger partial charge in [0.2, 0.25) is 0 Å². The summed E-state index contributed by atoms with van der Waals surface area (Å²) in [5, 5.41) is 4.44. The highest BCUT2D eigenvalue weighted by Gasteiger charge is 2.35. The molecule has 5 heteroatoms. The minimum Gasteiger partial charge on any atom is -0.301 e. The van der Waals surface area contributed by atoms with Crippen molar-refractivity contribution < 1.29 is 8.78 Å². The Morgan fingerprint density at radius 2 is 1.71 bits per heavy atom. The highest BCUT2D eigenvalue weighted by Crippen LogP contribution is 2.36. The smallest absolute Gasteiger partial charge is 0.126 e. The van der Waals surface area contributed by atoms with Crippen LogP contribution in [0.4, 0.5) is 8.78 Å². The summed E-state index contributed by atoms with van der Waals surface area (Å²) < 4.78 is 28.6. The Bertz CT molecular complexity index is 639. The van der Waals surface area contributed by atoms with E-state index in [0.717, 1.165) is 18.2 Å². The summed E-state index contributed by atoms with van der Waals surface area (Å²) >= 11 is 0. The Labute approximate surface area is 122 Å². The summed E-state index contributed by atoms with van der Waals surface area (Å²) in [4.78, 5) is 2.47. The molecule has 1 unspecified atom stereocenters. The molecule has 0 amide bonds. The highest BCUT2D eigenvalue weighted by molar-refractivity contribution is 5.61. The molecule has 3 nitrogen and oxygen atoms in total. The molecule has 3 aliphatic heterocycles. The summed E-state index contributed by atoms with van der Waals surface area (Å²) in [6, 6.07) is 3.98. The summed E-state index contributed by atoms with van der Waals surface area (Å²) in [7, 11) is 0. The van der Waals surface area contributed by atoms with E-state index in [4.69, 9.17) is 0 Å². The third kappa shape index (κ3) is 2.35. The van der Waals surface area contributed by atoms with Crippen LogP contribution in [-0.2, 0) is 0 Å². The molecule has 3 aliphatic rings. The Hall–Kier alpha value is -1.75. The first-order valence-electron chi connectivity index (χ1n) is 7.42. The van der Waals surface area contributed by atoms with E-state index in [0.29, 0.717) is 17.5 Å². The van der Waals surface area contributed by atoms with E-state index in [1.54, 1.807) is 6.20 Å². The van der Waals surface area contributed by atoms with Gasteiger partial charge in [0.1, 0.15) is 11.6 Å². The van der Waals surface area contributed by atoms with E-state index in [9.17, 15) is 8.78 Å². The molecular weight excluding hydrogens is 272 g/mol. The van der Waals surface area contributed by atoms with Crippen molar-refractivity contribution in [1.82, 2.24) is 14.7 Å². The van der Waals surface area contributed by atoms with Crippen LogP contribution < -0.4 is 0 Å². The molecule has 5 rings (SSSR count). The van der Waals surface area contributed by atoms with Crippen molar-refractivity contribution in [2.24, 2.45) is 5.92 Å². The average molecular weight is 289 g/mol. The van der Waals surface area contributed by atoms with Crippen LogP contribution >= 0.6 is 0 Å². The minimum atomic E-state index is -0.555. The molecule has 3 saturated heterocycles. The van der Waals surface area contributed by atoms with Gasteiger partial charge in [0.05, 0.1) is 12.2 Å². The van der Waals surface area contributed by atoms with Crippen LogP contribution in [0.1, 0.15) is 18.9 Å². The van der Waals surface area contributed by atoms with Crippen molar-refractivity contribution in [3.05, 3.63) is 42.2 Å². The average Bonchev–Trinajstić information content (AvgIpc) is 2.97. The highest BCUT2D eigenvalue weighted by atomic mass is 19.1. The maximum Gasteiger partial charge on any atom is 0.126 e. The molecule has 0 radical (unpaired) electrons. The molecule has 4 heterocycles. The number of aromatic nitrogens is 2. The zero-order valence-corrected chi connectivity index (χ0v) is 11.7. The Balaban J connectivity index is 1.63. The maximum absolute atomic E-state index is 13.3. The van der Waals surface area contributed by atoms with E-state index in [1.165, 1.54) is 38.1 Å². The fraction of sp³-hybridized carbons (Fsp3) is 0.438. The topological polar surface area (TPSA) is 21.1 Å². The zero-order valence-electron chi connectivity index (χ0n) is 11.7. The molecule has 0 aliphatic carbocycles. The second-order valence-corrected chi connectivity index (χ2v) is 6.07. The molecule has 1 atom stereocenters. The van der Waals surface area contributed by atoms with Gasteiger partial charge in [0.25, 0.3) is 0 Å². The molecule has 2 bridgehead atoms. The fourth-order valence-corrected chi connectivity index (χ4v) is 3.62. The van der Waals surface area contributed by atoms with Gasteiger partial charge < -0.3 is 4.90 Å².